The smallest absolute Gasteiger partial charge is 0.210 e. The number of nitrogens with zero attached hydrogens (tertiary/aromatic N) is 3. The predicted molar refractivity (Wildman–Crippen MR) is 108 cm³/mol. The lowest BCUT2D eigenvalue weighted by atomic mass is 10.1. The SMILES string of the molecule is Oc1c(C=C2C=Nc3ccc(Br)cc32)sc(=S)n1Cc1cccnc1. The molecule has 1 aliphatic rings. The number of halogens is 1. The highest BCUT2D eigenvalue weighted by atomic mass is 79.9. The van der Waals surface area contributed by atoms with Gasteiger partial charge in [0.1, 0.15) is 0 Å². The summed E-state index contributed by atoms with van der Waals surface area (Å²) in [5.41, 5.74) is 3.90. The number of allylic oxidation sites excluding steroid dienone is 1. The van der Waals surface area contributed by atoms with Gasteiger partial charge in [-0.2, -0.15) is 0 Å². The first-order chi connectivity index (χ1) is 12.1. The Bertz CT molecular complexity index is 1070. The topological polar surface area (TPSA) is 50.4 Å². The van der Waals surface area contributed by atoms with E-state index in [-0.39, 0.29) is 5.88 Å². The summed E-state index contributed by atoms with van der Waals surface area (Å²) in [5, 5.41) is 10.6. The Morgan fingerprint density at radius 3 is 3.00 bits per heavy atom. The fourth-order valence-corrected chi connectivity index (χ4v) is 4.26. The average molecular weight is 430 g/mol. The standard InChI is InChI=1S/C18H12BrN3OS2/c19-13-3-4-15-14(7-13)12(9-21-15)6-16-17(23)22(18(24)25-16)10-11-2-1-5-20-8-11/h1-9,23H,10H2. The van der Waals surface area contributed by atoms with Gasteiger partial charge in [-0.25, -0.2) is 0 Å². The summed E-state index contributed by atoms with van der Waals surface area (Å²) in [5.74, 6) is 0.170. The second-order valence-corrected chi connectivity index (χ2v) is 8.11. The van der Waals surface area contributed by atoms with E-state index >= 15 is 0 Å². The van der Waals surface area contributed by atoms with Gasteiger partial charge in [0.15, 0.2) is 3.95 Å². The summed E-state index contributed by atoms with van der Waals surface area (Å²) in [4.78, 5) is 9.24. The number of aromatic hydroxyl groups is 1. The van der Waals surface area contributed by atoms with Crippen LogP contribution < -0.4 is 0 Å². The molecule has 0 radical (unpaired) electrons. The minimum Gasteiger partial charge on any atom is -0.493 e. The van der Waals surface area contributed by atoms with Crippen LogP contribution >= 0.6 is 39.5 Å². The molecule has 1 aromatic carbocycles. The molecule has 3 heterocycles. The quantitative estimate of drug-likeness (QED) is 0.563. The molecule has 0 saturated heterocycles. The summed E-state index contributed by atoms with van der Waals surface area (Å²) in [6.45, 7) is 0.494. The van der Waals surface area contributed by atoms with Gasteiger partial charge < -0.3 is 5.11 Å². The minimum atomic E-state index is 0.170. The summed E-state index contributed by atoms with van der Waals surface area (Å²) in [6, 6.07) is 9.78. The van der Waals surface area contributed by atoms with E-state index in [2.05, 4.69) is 25.9 Å². The highest BCUT2D eigenvalue weighted by Crippen LogP contribution is 2.37. The molecule has 3 aromatic rings. The zero-order valence-corrected chi connectivity index (χ0v) is 16.1. The molecule has 0 saturated carbocycles. The van der Waals surface area contributed by atoms with Crippen molar-refractivity contribution in [2.24, 2.45) is 4.99 Å². The number of aliphatic imine (C=N–C) groups is 1. The molecule has 2 aromatic heterocycles. The Hall–Kier alpha value is -2.09. The van der Waals surface area contributed by atoms with Crippen molar-refractivity contribution in [1.29, 1.82) is 0 Å². The van der Waals surface area contributed by atoms with Gasteiger partial charge in [0.2, 0.25) is 5.88 Å². The van der Waals surface area contributed by atoms with Crippen molar-refractivity contribution in [3.8, 4) is 5.88 Å². The van der Waals surface area contributed by atoms with Gasteiger partial charge in [0.25, 0.3) is 0 Å². The van der Waals surface area contributed by atoms with E-state index in [0.29, 0.717) is 10.5 Å². The minimum absolute atomic E-state index is 0.170. The predicted octanol–water partition coefficient (Wildman–Crippen LogP) is 5.45. The Balaban J connectivity index is 1.72. The first-order valence-electron chi connectivity index (χ1n) is 7.49. The molecule has 4 rings (SSSR count). The average Bonchev–Trinajstić information content (AvgIpc) is 3.12. The van der Waals surface area contributed by atoms with E-state index in [9.17, 15) is 5.11 Å². The van der Waals surface area contributed by atoms with Crippen molar-refractivity contribution in [3.05, 3.63) is 67.2 Å². The summed E-state index contributed by atoms with van der Waals surface area (Å²) >= 11 is 10.3. The van der Waals surface area contributed by atoms with Crippen LogP contribution in [0.4, 0.5) is 5.69 Å². The van der Waals surface area contributed by atoms with Gasteiger partial charge in [-0.15, -0.1) is 11.3 Å². The van der Waals surface area contributed by atoms with Crippen LogP contribution in [0.5, 0.6) is 5.88 Å². The van der Waals surface area contributed by atoms with Crippen LogP contribution in [-0.4, -0.2) is 20.9 Å². The molecule has 0 bridgehead atoms. The number of rotatable bonds is 3. The molecule has 4 nitrogen and oxygen atoms in total. The number of pyridine rings is 1. The van der Waals surface area contributed by atoms with Gasteiger partial charge in [0.05, 0.1) is 17.1 Å². The molecule has 0 aliphatic carbocycles. The molecular weight excluding hydrogens is 418 g/mol. The normalized spacial score (nSPS) is 14.2. The number of thiazole rings is 1. The molecule has 0 atom stereocenters. The van der Waals surface area contributed by atoms with Crippen molar-refractivity contribution in [3.63, 3.8) is 0 Å². The van der Waals surface area contributed by atoms with Crippen LogP contribution in [0.3, 0.4) is 0 Å². The van der Waals surface area contributed by atoms with Crippen molar-refractivity contribution in [2.75, 3.05) is 0 Å². The molecule has 0 spiro atoms. The Kier molecular flexibility index (Phi) is 4.37. The molecule has 0 fully saturated rings. The van der Waals surface area contributed by atoms with E-state index in [1.807, 2.05) is 42.6 Å². The van der Waals surface area contributed by atoms with E-state index < -0.39 is 0 Å². The van der Waals surface area contributed by atoms with Crippen LogP contribution in [-0.2, 0) is 6.54 Å². The molecule has 1 aliphatic heterocycles. The summed E-state index contributed by atoms with van der Waals surface area (Å²) in [7, 11) is 0. The van der Waals surface area contributed by atoms with Crippen LogP contribution in [0.1, 0.15) is 16.0 Å². The summed E-state index contributed by atoms with van der Waals surface area (Å²) in [6.07, 6.45) is 7.23. The van der Waals surface area contributed by atoms with E-state index in [0.717, 1.165) is 31.7 Å². The fraction of sp³-hybridized carbons (Fsp3) is 0.0556. The van der Waals surface area contributed by atoms with Crippen LogP contribution in [0, 0.1) is 3.95 Å². The highest BCUT2D eigenvalue weighted by molar-refractivity contribution is 9.10. The first kappa shape index (κ1) is 16.4. The maximum atomic E-state index is 10.6. The van der Waals surface area contributed by atoms with Gasteiger partial charge in [-0.3, -0.25) is 14.5 Å². The first-order valence-corrected chi connectivity index (χ1v) is 9.51. The van der Waals surface area contributed by atoms with Crippen LogP contribution in [0.2, 0.25) is 0 Å². The van der Waals surface area contributed by atoms with Gasteiger partial charge in [-0.05, 0) is 48.1 Å². The van der Waals surface area contributed by atoms with Crippen molar-refractivity contribution < 1.29 is 5.11 Å². The fourth-order valence-electron chi connectivity index (χ4n) is 2.64. The maximum Gasteiger partial charge on any atom is 0.210 e. The zero-order valence-electron chi connectivity index (χ0n) is 12.9. The van der Waals surface area contributed by atoms with Crippen LogP contribution in [0.15, 0.2) is 52.2 Å². The maximum absolute atomic E-state index is 10.6. The molecular formula is C18H12BrN3OS2. The zero-order chi connectivity index (χ0) is 17.4. The van der Waals surface area contributed by atoms with Gasteiger partial charge in [0, 0.05) is 34.2 Å². The third-order valence-corrected chi connectivity index (χ3v) is 5.74. The van der Waals surface area contributed by atoms with E-state index in [1.54, 1.807) is 17.0 Å². The second-order valence-electron chi connectivity index (χ2n) is 5.52. The largest absolute Gasteiger partial charge is 0.493 e. The number of aromatic nitrogens is 2. The second kappa shape index (κ2) is 6.67. The monoisotopic (exact) mass is 429 g/mol. The number of fused-ring (bicyclic) bond motifs is 1. The Morgan fingerprint density at radius 2 is 2.20 bits per heavy atom. The van der Waals surface area contributed by atoms with Gasteiger partial charge >= 0.3 is 0 Å². The Labute approximate surface area is 162 Å². The number of hydrogen-bond acceptors (Lipinski definition) is 5. The third-order valence-electron chi connectivity index (χ3n) is 3.86. The van der Waals surface area contributed by atoms with E-state index in [4.69, 9.17) is 12.2 Å². The third kappa shape index (κ3) is 3.22. The number of hydrogen-bond donors (Lipinski definition) is 1. The van der Waals surface area contributed by atoms with Crippen molar-refractivity contribution in [1.82, 2.24) is 9.55 Å². The van der Waals surface area contributed by atoms with Crippen molar-refractivity contribution >= 4 is 63.0 Å². The highest BCUT2D eigenvalue weighted by Gasteiger charge is 2.16. The molecule has 25 heavy (non-hydrogen) atoms. The molecule has 7 heteroatoms. The molecule has 124 valence electrons. The Morgan fingerprint density at radius 1 is 1.32 bits per heavy atom. The van der Waals surface area contributed by atoms with Crippen LogP contribution in [0.25, 0.3) is 11.6 Å². The summed E-state index contributed by atoms with van der Waals surface area (Å²) < 4.78 is 3.34. The van der Waals surface area contributed by atoms with E-state index in [1.165, 1.54) is 11.3 Å². The lowest BCUT2D eigenvalue weighted by Crippen LogP contribution is -1.99. The lowest BCUT2D eigenvalue weighted by Gasteiger charge is -2.04. The molecule has 0 unspecified atom stereocenters. The molecule has 1 N–H and O–H groups in total. The van der Waals surface area contributed by atoms with Crippen molar-refractivity contribution in [2.45, 2.75) is 6.54 Å². The van der Waals surface area contributed by atoms with Gasteiger partial charge in [-0.1, -0.05) is 22.0 Å². The lowest BCUT2D eigenvalue weighted by molar-refractivity contribution is 0.422. The number of benzene rings is 1. The molecule has 0 amide bonds.